The molecule has 0 radical (unpaired) electrons. The molecule has 0 aliphatic rings. The minimum absolute atomic E-state index is 0.461. The first-order chi connectivity index (χ1) is 7.88. The third-order valence-electron chi connectivity index (χ3n) is 2.71. The van der Waals surface area contributed by atoms with Crippen LogP contribution in [0.5, 0.6) is 0 Å². The van der Waals surface area contributed by atoms with Crippen LogP contribution in [-0.4, -0.2) is 4.98 Å². The SMILES string of the molecule is N#Cc1ccc2c(ccc3ccccc32)n1. The molecule has 0 amide bonds. The second-order valence-corrected chi connectivity index (χ2v) is 3.66. The molecule has 0 saturated carbocycles. The summed E-state index contributed by atoms with van der Waals surface area (Å²) in [7, 11) is 0. The molecule has 0 aliphatic carbocycles. The monoisotopic (exact) mass is 204 g/mol. The van der Waals surface area contributed by atoms with E-state index in [4.69, 9.17) is 5.26 Å². The second kappa shape index (κ2) is 3.32. The van der Waals surface area contributed by atoms with Gasteiger partial charge in [-0.1, -0.05) is 30.3 Å². The van der Waals surface area contributed by atoms with Gasteiger partial charge in [-0.25, -0.2) is 4.98 Å². The predicted octanol–water partition coefficient (Wildman–Crippen LogP) is 3.26. The van der Waals surface area contributed by atoms with Crippen LogP contribution in [0.2, 0.25) is 0 Å². The lowest BCUT2D eigenvalue weighted by molar-refractivity contribution is 1.33. The van der Waals surface area contributed by atoms with E-state index in [9.17, 15) is 0 Å². The van der Waals surface area contributed by atoms with Gasteiger partial charge in [0, 0.05) is 5.39 Å². The van der Waals surface area contributed by atoms with Crippen LogP contribution >= 0.6 is 0 Å². The maximum absolute atomic E-state index is 8.80. The molecule has 0 aliphatic heterocycles. The summed E-state index contributed by atoms with van der Waals surface area (Å²) in [4.78, 5) is 4.28. The van der Waals surface area contributed by atoms with Crippen molar-refractivity contribution >= 4 is 21.7 Å². The largest absolute Gasteiger partial charge is 0.237 e. The molecule has 3 rings (SSSR count). The zero-order valence-corrected chi connectivity index (χ0v) is 8.51. The number of nitriles is 1. The Balaban J connectivity index is 2.49. The molecule has 0 unspecified atom stereocenters. The lowest BCUT2D eigenvalue weighted by Gasteiger charge is -2.02. The molecule has 2 nitrogen and oxygen atoms in total. The third-order valence-corrected chi connectivity index (χ3v) is 2.71. The van der Waals surface area contributed by atoms with Gasteiger partial charge in [0.15, 0.2) is 0 Å². The Morgan fingerprint density at radius 1 is 0.875 bits per heavy atom. The Morgan fingerprint density at radius 3 is 2.62 bits per heavy atom. The van der Waals surface area contributed by atoms with Gasteiger partial charge in [0.05, 0.1) is 5.52 Å². The zero-order valence-electron chi connectivity index (χ0n) is 8.51. The molecular weight excluding hydrogens is 196 g/mol. The highest BCUT2D eigenvalue weighted by Gasteiger charge is 2.01. The van der Waals surface area contributed by atoms with E-state index in [0.29, 0.717) is 5.69 Å². The van der Waals surface area contributed by atoms with Gasteiger partial charge in [-0.05, 0) is 29.0 Å². The molecule has 0 N–H and O–H groups in total. The Morgan fingerprint density at radius 2 is 1.75 bits per heavy atom. The van der Waals surface area contributed by atoms with Crippen molar-refractivity contribution < 1.29 is 0 Å². The second-order valence-electron chi connectivity index (χ2n) is 3.66. The molecule has 1 heterocycles. The fourth-order valence-corrected chi connectivity index (χ4v) is 1.95. The standard InChI is InChI=1S/C14H8N2/c15-9-11-6-7-13-12-4-2-1-3-10(12)5-8-14(13)16-11/h1-8H. The topological polar surface area (TPSA) is 36.7 Å². The number of benzene rings is 2. The highest BCUT2D eigenvalue weighted by atomic mass is 14.7. The minimum atomic E-state index is 0.461. The molecule has 2 heteroatoms. The summed E-state index contributed by atoms with van der Waals surface area (Å²) in [6.45, 7) is 0. The summed E-state index contributed by atoms with van der Waals surface area (Å²) >= 11 is 0. The predicted molar refractivity (Wildman–Crippen MR) is 64.0 cm³/mol. The maximum atomic E-state index is 8.80. The average Bonchev–Trinajstić information content (AvgIpc) is 2.38. The molecule has 0 saturated heterocycles. The molecule has 0 atom stereocenters. The Hall–Kier alpha value is -2.40. The lowest BCUT2D eigenvalue weighted by Crippen LogP contribution is -1.85. The summed E-state index contributed by atoms with van der Waals surface area (Å²) in [5.74, 6) is 0. The average molecular weight is 204 g/mol. The summed E-state index contributed by atoms with van der Waals surface area (Å²) in [6, 6.07) is 18.0. The van der Waals surface area contributed by atoms with E-state index in [0.717, 1.165) is 10.9 Å². The quantitative estimate of drug-likeness (QED) is 0.527. The molecule has 74 valence electrons. The van der Waals surface area contributed by atoms with Crippen molar-refractivity contribution in [2.24, 2.45) is 0 Å². The first-order valence-electron chi connectivity index (χ1n) is 5.07. The van der Waals surface area contributed by atoms with Gasteiger partial charge in [-0.2, -0.15) is 5.26 Å². The van der Waals surface area contributed by atoms with Crippen molar-refractivity contribution in [3.8, 4) is 6.07 Å². The Kier molecular flexibility index (Phi) is 1.84. The summed E-state index contributed by atoms with van der Waals surface area (Å²) < 4.78 is 0. The Labute approximate surface area is 92.8 Å². The van der Waals surface area contributed by atoms with Crippen molar-refractivity contribution in [1.29, 1.82) is 5.26 Å². The smallest absolute Gasteiger partial charge is 0.141 e. The number of rotatable bonds is 0. The van der Waals surface area contributed by atoms with Crippen LogP contribution in [0.25, 0.3) is 21.7 Å². The molecule has 1 aromatic heterocycles. The van der Waals surface area contributed by atoms with Crippen molar-refractivity contribution in [2.75, 3.05) is 0 Å². The molecule has 2 aromatic carbocycles. The van der Waals surface area contributed by atoms with Crippen molar-refractivity contribution in [2.45, 2.75) is 0 Å². The van der Waals surface area contributed by atoms with Gasteiger partial charge in [0.25, 0.3) is 0 Å². The number of hydrogen-bond acceptors (Lipinski definition) is 2. The number of fused-ring (bicyclic) bond motifs is 3. The normalized spacial score (nSPS) is 10.4. The van der Waals surface area contributed by atoms with Gasteiger partial charge >= 0.3 is 0 Å². The van der Waals surface area contributed by atoms with Crippen LogP contribution in [0.3, 0.4) is 0 Å². The van der Waals surface area contributed by atoms with Crippen LogP contribution in [0.1, 0.15) is 5.69 Å². The molecule has 16 heavy (non-hydrogen) atoms. The van der Waals surface area contributed by atoms with Gasteiger partial charge in [0.1, 0.15) is 11.8 Å². The fourth-order valence-electron chi connectivity index (χ4n) is 1.95. The van der Waals surface area contributed by atoms with E-state index < -0.39 is 0 Å². The number of nitrogens with zero attached hydrogens (tertiary/aromatic N) is 2. The molecule has 0 spiro atoms. The van der Waals surface area contributed by atoms with Gasteiger partial charge < -0.3 is 0 Å². The minimum Gasteiger partial charge on any atom is -0.237 e. The van der Waals surface area contributed by atoms with E-state index in [-0.39, 0.29) is 0 Å². The first kappa shape index (κ1) is 8.87. The molecule has 0 bridgehead atoms. The highest BCUT2D eigenvalue weighted by molar-refractivity contribution is 6.06. The summed E-state index contributed by atoms with van der Waals surface area (Å²) in [5.41, 5.74) is 1.33. The molecule has 0 fully saturated rings. The van der Waals surface area contributed by atoms with E-state index in [2.05, 4.69) is 23.2 Å². The number of pyridine rings is 1. The number of aromatic nitrogens is 1. The van der Waals surface area contributed by atoms with Crippen LogP contribution in [0, 0.1) is 11.3 Å². The molecule has 3 aromatic rings. The summed E-state index contributed by atoms with van der Waals surface area (Å²) in [6.07, 6.45) is 0. The van der Waals surface area contributed by atoms with Crippen LogP contribution in [0.4, 0.5) is 0 Å². The van der Waals surface area contributed by atoms with Gasteiger partial charge in [-0.3, -0.25) is 0 Å². The van der Waals surface area contributed by atoms with E-state index in [1.165, 1.54) is 10.8 Å². The maximum Gasteiger partial charge on any atom is 0.141 e. The van der Waals surface area contributed by atoms with Crippen molar-refractivity contribution in [3.63, 3.8) is 0 Å². The van der Waals surface area contributed by atoms with E-state index in [1.807, 2.05) is 30.3 Å². The fraction of sp³-hybridized carbons (Fsp3) is 0. The third kappa shape index (κ3) is 1.23. The summed E-state index contributed by atoms with van der Waals surface area (Å²) in [5, 5.41) is 12.3. The van der Waals surface area contributed by atoms with Crippen LogP contribution < -0.4 is 0 Å². The Bertz CT molecular complexity index is 723. The first-order valence-corrected chi connectivity index (χ1v) is 5.07. The number of hydrogen-bond donors (Lipinski definition) is 0. The lowest BCUT2D eigenvalue weighted by atomic mass is 10.1. The van der Waals surface area contributed by atoms with E-state index >= 15 is 0 Å². The van der Waals surface area contributed by atoms with Gasteiger partial charge in [0.2, 0.25) is 0 Å². The zero-order chi connectivity index (χ0) is 11.0. The van der Waals surface area contributed by atoms with Gasteiger partial charge in [-0.15, -0.1) is 0 Å². The molecular formula is C14H8N2. The van der Waals surface area contributed by atoms with Crippen LogP contribution in [-0.2, 0) is 0 Å². The van der Waals surface area contributed by atoms with Crippen LogP contribution in [0.15, 0.2) is 48.5 Å². The van der Waals surface area contributed by atoms with E-state index in [1.54, 1.807) is 6.07 Å². The van der Waals surface area contributed by atoms with Crippen molar-refractivity contribution in [1.82, 2.24) is 4.98 Å². The highest BCUT2D eigenvalue weighted by Crippen LogP contribution is 2.23. The van der Waals surface area contributed by atoms with Crippen molar-refractivity contribution in [3.05, 3.63) is 54.2 Å².